The molecule has 0 saturated carbocycles. The monoisotopic (exact) mass is 446 g/mol. The zero-order valence-electron chi connectivity index (χ0n) is 17.1. The molecular formula is C22H22O10. The van der Waals surface area contributed by atoms with E-state index >= 15 is 0 Å². The van der Waals surface area contributed by atoms with Gasteiger partial charge in [-0.3, -0.25) is 4.79 Å². The summed E-state index contributed by atoms with van der Waals surface area (Å²) in [6.45, 7) is 3.14. The Labute approximate surface area is 181 Å². The Balaban J connectivity index is 1.92. The van der Waals surface area contributed by atoms with E-state index in [1.54, 1.807) is 6.92 Å². The molecule has 1 aliphatic heterocycles. The number of phenols is 3. The van der Waals surface area contributed by atoms with Crippen LogP contribution in [0.3, 0.4) is 0 Å². The van der Waals surface area contributed by atoms with Crippen molar-refractivity contribution in [3.05, 3.63) is 46.1 Å². The van der Waals surface area contributed by atoms with Crippen molar-refractivity contribution in [2.45, 2.75) is 44.6 Å². The Morgan fingerprint density at radius 1 is 0.906 bits per heavy atom. The van der Waals surface area contributed by atoms with Gasteiger partial charge in [0.05, 0.1) is 6.10 Å². The molecule has 10 nitrogen and oxygen atoms in total. The van der Waals surface area contributed by atoms with E-state index in [2.05, 4.69) is 0 Å². The number of aliphatic hydroxyl groups is 3. The summed E-state index contributed by atoms with van der Waals surface area (Å²) < 4.78 is 16.9. The Kier molecular flexibility index (Phi) is 5.47. The SMILES string of the molecule is Cc1cc(O)c2c(=O)c(O[C@@H]3O[C@@H](C)[C@H](O)[C@@H](O)[C@H]3O)c(-c3ccc(O)c(O)c3)oc2c1. The fourth-order valence-electron chi connectivity index (χ4n) is 3.60. The van der Waals surface area contributed by atoms with Gasteiger partial charge in [0, 0.05) is 5.56 Å². The van der Waals surface area contributed by atoms with Crippen LogP contribution in [-0.4, -0.2) is 61.3 Å². The maximum absolute atomic E-state index is 13.3. The molecule has 1 aromatic heterocycles. The molecule has 1 aliphatic rings. The third kappa shape index (κ3) is 3.63. The van der Waals surface area contributed by atoms with Gasteiger partial charge in [-0.05, 0) is 49.7 Å². The number of phenolic OH excluding ortho intramolecular Hbond substituents is 3. The van der Waals surface area contributed by atoms with Crippen molar-refractivity contribution in [1.29, 1.82) is 0 Å². The van der Waals surface area contributed by atoms with Crippen LogP contribution in [0.15, 0.2) is 39.5 Å². The van der Waals surface area contributed by atoms with Crippen LogP contribution in [0.5, 0.6) is 23.0 Å². The van der Waals surface area contributed by atoms with Crippen molar-refractivity contribution < 1.29 is 44.5 Å². The van der Waals surface area contributed by atoms with E-state index in [-0.39, 0.29) is 28.0 Å². The molecule has 0 unspecified atom stereocenters. The Hall–Kier alpha value is -3.31. The predicted octanol–water partition coefficient (Wildman–Crippen LogP) is 1.09. The van der Waals surface area contributed by atoms with E-state index in [0.29, 0.717) is 5.56 Å². The number of hydrogen-bond donors (Lipinski definition) is 6. The van der Waals surface area contributed by atoms with E-state index in [1.165, 1.54) is 31.2 Å². The van der Waals surface area contributed by atoms with Gasteiger partial charge in [-0.2, -0.15) is 0 Å². The first kappa shape index (κ1) is 21.9. The average Bonchev–Trinajstić information content (AvgIpc) is 2.73. The fraction of sp³-hybridized carbons (Fsp3) is 0.318. The van der Waals surface area contributed by atoms with E-state index in [4.69, 9.17) is 13.9 Å². The number of aliphatic hydroxyl groups excluding tert-OH is 3. The highest BCUT2D eigenvalue weighted by atomic mass is 16.7. The van der Waals surface area contributed by atoms with Crippen molar-refractivity contribution in [2.24, 2.45) is 0 Å². The second-order valence-electron chi connectivity index (χ2n) is 7.75. The van der Waals surface area contributed by atoms with Crippen LogP contribution in [-0.2, 0) is 4.74 Å². The van der Waals surface area contributed by atoms with E-state index < -0.39 is 53.4 Å². The highest BCUT2D eigenvalue weighted by molar-refractivity contribution is 5.87. The number of benzene rings is 2. The van der Waals surface area contributed by atoms with Crippen LogP contribution in [0.2, 0.25) is 0 Å². The Morgan fingerprint density at radius 2 is 1.62 bits per heavy atom. The summed E-state index contributed by atoms with van der Waals surface area (Å²) in [6, 6.07) is 6.57. The summed E-state index contributed by atoms with van der Waals surface area (Å²) in [7, 11) is 0. The molecule has 1 saturated heterocycles. The molecule has 0 spiro atoms. The minimum atomic E-state index is -1.70. The highest BCUT2D eigenvalue weighted by Crippen LogP contribution is 2.38. The third-order valence-electron chi connectivity index (χ3n) is 5.36. The number of aryl methyl sites for hydroxylation is 1. The first-order chi connectivity index (χ1) is 15.1. The fourth-order valence-corrected chi connectivity index (χ4v) is 3.60. The molecule has 1 fully saturated rings. The van der Waals surface area contributed by atoms with Crippen LogP contribution in [0.25, 0.3) is 22.3 Å². The maximum Gasteiger partial charge on any atom is 0.239 e. The summed E-state index contributed by atoms with van der Waals surface area (Å²) in [5.74, 6) is -1.88. The number of ether oxygens (including phenoxy) is 2. The van der Waals surface area contributed by atoms with Gasteiger partial charge in [-0.1, -0.05) is 0 Å². The average molecular weight is 446 g/mol. The van der Waals surface area contributed by atoms with Crippen molar-refractivity contribution in [3.8, 4) is 34.3 Å². The second-order valence-corrected chi connectivity index (χ2v) is 7.75. The van der Waals surface area contributed by atoms with Gasteiger partial charge in [0.2, 0.25) is 17.5 Å². The minimum absolute atomic E-state index is 0.0383. The molecule has 32 heavy (non-hydrogen) atoms. The normalized spacial score (nSPS) is 25.7. The van der Waals surface area contributed by atoms with E-state index in [0.717, 1.165) is 6.07 Å². The van der Waals surface area contributed by atoms with Gasteiger partial charge in [-0.15, -0.1) is 0 Å². The lowest BCUT2D eigenvalue weighted by Crippen LogP contribution is -2.58. The number of hydrogen-bond acceptors (Lipinski definition) is 10. The molecule has 6 N–H and O–H groups in total. The van der Waals surface area contributed by atoms with Crippen LogP contribution < -0.4 is 10.2 Å². The van der Waals surface area contributed by atoms with Crippen LogP contribution >= 0.6 is 0 Å². The number of aromatic hydroxyl groups is 3. The van der Waals surface area contributed by atoms with Crippen molar-refractivity contribution in [1.82, 2.24) is 0 Å². The molecule has 3 aromatic rings. The molecule has 2 heterocycles. The Morgan fingerprint density at radius 3 is 2.31 bits per heavy atom. The number of fused-ring (bicyclic) bond motifs is 1. The molecule has 0 aliphatic carbocycles. The lowest BCUT2D eigenvalue weighted by molar-refractivity contribution is -0.268. The summed E-state index contributed by atoms with van der Waals surface area (Å²) in [5.41, 5.74) is 0.00393. The Bertz CT molecular complexity index is 1230. The summed E-state index contributed by atoms with van der Waals surface area (Å²) in [4.78, 5) is 13.3. The maximum atomic E-state index is 13.3. The summed E-state index contributed by atoms with van der Waals surface area (Å²) in [6.07, 6.45) is -7.17. The molecule has 0 amide bonds. The van der Waals surface area contributed by atoms with Gasteiger partial charge in [-0.25, -0.2) is 0 Å². The topological polar surface area (TPSA) is 170 Å². The molecule has 10 heteroatoms. The van der Waals surface area contributed by atoms with Gasteiger partial charge in [0.1, 0.15) is 35.0 Å². The second kappa shape index (κ2) is 7.99. The molecule has 0 radical (unpaired) electrons. The van der Waals surface area contributed by atoms with Crippen LogP contribution in [0.4, 0.5) is 0 Å². The largest absolute Gasteiger partial charge is 0.507 e. The minimum Gasteiger partial charge on any atom is -0.507 e. The number of rotatable bonds is 3. The quantitative estimate of drug-likeness (QED) is 0.320. The molecule has 170 valence electrons. The van der Waals surface area contributed by atoms with E-state index in [9.17, 15) is 35.4 Å². The zero-order valence-corrected chi connectivity index (χ0v) is 17.1. The van der Waals surface area contributed by atoms with Crippen molar-refractivity contribution in [3.63, 3.8) is 0 Å². The summed E-state index contributed by atoms with van der Waals surface area (Å²) in [5, 5.41) is 60.0. The predicted molar refractivity (Wildman–Crippen MR) is 111 cm³/mol. The first-order valence-corrected chi connectivity index (χ1v) is 9.77. The lowest BCUT2D eigenvalue weighted by atomic mass is 10.00. The zero-order chi connectivity index (χ0) is 23.3. The molecular weight excluding hydrogens is 424 g/mol. The molecule has 5 atom stereocenters. The van der Waals surface area contributed by atoms with Gasteiger partial charge >= 0.3 is 0 Å². The third-order valence-corrected chi connectivity index (χ3v) is 5.36. The van der Waals surface area contributed by atoms with Crippen molar-refractivity contribution in [2.75, 3.05) is 0 Å². The lowest BCUT2D eigenvalue weighted by Gasteiger charge is -2.38. The van der Waals surface area contributed by atoms with Gasteiger partial charge in [0.25, 0.3) is 0 Å². The van der Waals surface area contributed by atoms with Crippen molar-refractivity contribution >= 4 is 11.0 Å². The molecule has 2 aromatic carbocycles. The summed E-state index contributed by atoms with van der Waals surface area (Å²) >= 11 is 0. The van der Waals surface area contributed by atoms with Crippen LogP contribution in [0.1, 0.15) is 12.5 Å². The standard InChI is InChI=1S/C22H22O10/c1-8-5-13(25)15-14(6-8)31-20(10-3-4-11(23)12(24)7-10)21(17(15)27)32-22-19(29)18(28)16(26)9(2)30-22/h3-7,9,16,18-19,22-26,28-29H,1-2H3/t9-,16-,18+,19+,22-/m0/s1. The first-order valence-electron chi connectivity index (χ1n) is 9.77. The smallest absolute Gasteiger partial charge is 0.239 e. The van der Waals surface area contributed by atoms with E-state index in [1.807, 2.05) is 0 Å². The van der Waals surface area contributed by atoms with Crippen LogP contribution in [0, 0.1) is 6.92 Å². The molecule has 4 rings (SSSR count). The highest BCUT2D eigenvalue weighted by Gasteiger charge is 2.44. The van der Waals surface area contributed by atoms with Gasteiger partial charge < -0.3 is 44.5 Å². The van der Waals surface area contributed by atoms with Gasteiger partial charge in [0.15, 0.2) is 17.3 Å². The molecule has 0 bridgehead atoms.